The molecule has 3 rings (SSSR count). The van der Waals surface area contributed by atoms with Gasteiger partial charge < -0.3 is 15.3 Å². The topological polar surface area (TPSA) is 180 Å². The largest absolute Gasteiger partial charge is 0.478 e. The number of hydrogen-bond donors (Lipinski definition) is 3. The number of aromatic carboxylic acids is 3. The Balaban J connectivity index is 1.99. The van der Waals surface area contributed by atoms with Crippen LogP contribution in [0.2, 0.25) is 0 Å². The van der Waals surface area contributed by atoms with Crippen molar-refractivity contribution < 1.29 is 46.5 Å². The molecule has 0 atom stereocenters. The van der Waals surface area contributed by atoms with Crippen molar-refractivity contribution >= 4 is 37.6 Å². The first kappa shape index (κ1) is 23.6. The Labute approximate surface area is 187 Å². The Morgan fingerprint density at radius 1 is 0.485 bits per heavy atom. The molecule has 0 bridgehead atoms. The van der Waals surface area contributed by atoms with Gasteiger partial charge in [-0.2, -0.15) is 0 Å². The van der Waals surface area contributed by atoms with Crippen LogP contribution in [0.1, 0.15) is 31.1 Å². The molecular weight excluding hydrogens is 476 g/mol. The second-order valence-corrected chi connectivity index (χ2v) is 10.5. The highest BCUT2D eigenvalue weighted by Crippen LogP contribution is 2.27. The highest BCUT2D eigenvalue weighted by atomic mass is 32.2. The molecule has 12 heteroatoms. The Kier molecular flexibility index (Phi) is 6.07. The SMILES string of the molecule is O=C(O)c1ccc(S(=O)(=O)c2ccc(S(=O)(=O)c3ccc(C(=O)O)c(C(=O)O)c3)cc2)cc1. The molecule has 0 saturated heterocycles. The number of carboxylic acids is 3. The summed E-state index contributed by atoms with van der Waals surface area (Å²) in [6.45, 7) is 0. The summed E-state index contributed by atoms with van der Waals surface area (Å²) in [6, 6.07) is 11.1. The zero-order valence-corrected chi connectivity index (χ0v) is 18.0. The van der Waals surface area contributed by atoms with Crippen molar-refractivity contribution in [2.75, 3.05) is 0 Å². The third-order valence-electron chi connectivity index (χ3n) is 4.62. The molecule has 0 amide bonds. The van der Waals surface area contributed by atoms with E-state index < -0.39 is 53.6 Å². The molecule has 0 aromatic heterocycles. The first-order valence-corrected chi connectivity index (χ1v) is 11.9. The summed E-state index contributed by atoms with van der Waals surface area (Å²) in [5.41, 5.74) is -1.41. The van der Waals surface area contributed by atoms with E-state index >= 15 is 0 Å². The summed E-state index contributed by atoms with van der Waals surface area (Å²) in [5, 5.41) is 27.2. The van der Waals surface area contributed by atoms with Crippen molar-refractivity contribution in [2.45, 2.75) is 19.6 Å². The van der Waals surface area contributed by atoms with Gasteiger partial charge in [-0.25, -0.2) is 31.2 Å². The monoisotopic (exact) mass is 490 g/mol. The Morgan fingerprint density at radius 2 is 0.848 bits per heavy atom. The van der Waals surface area contributed by atoms with Gasteiger partial charge in [-0.05, 0) is 66.7 Å². The van der Waals surface area contributed by atoms with E-state index in [1.54, 1.807) is 0 Å². The molecule has 170 valence electrons. The van der Waals surface area contributed by atoms with E-state index in [0.717, 1.165) is 66.7 Å². The van der Waals surface area contributed by atoms with Crippen LogP contribution < -0.4 is 0 Å². The number of hydrogen-bond acceptors (Lipinski definition) is 7. The average molecular weight is 490 g/mol. The van der Waals surface area contributed by atoms with Gasteiger partial charge in [0, 0.05) is 0 Å². The van der Waals surface area contributed by atoms with Crippen LogP contribution in [-0.4, -0.2) is 50.1 Å². The highest BCUT2D eigenvalue weighted by molar-refractivity contribution is 7.92. The molecule has 10 nitrogen and oxygen atoms in total. The average Bonchev–Trinajstić information content (AvgIpc) is 2.78. The summed E-state index contributed by atoms with van der Waals surface area (Å²) in [4.78, 5) is 32.1. The summed E-state index contributed by atoms with van der Waals surface area (Å²) in [7, 11) is -8.37. The molecule has 0 unspecified atom stereocenters. The number of sulfone groups is 2. The van der Waals surface area contributed by atoms with Crippen molar-refractivity contribution in [3.8, 4) is 0 Å². The van der Waals surface area contributed by atoms with Crippen molar-refractivity contribution in [1.29, 1.82) is 0 Å². The fraction of sp³-hybridized carbons (Fsp3) is 0. The van der Waals surface area contributed by atoms with Crippen LogP contribution in [0.3, 0.4) is 0 Å². The number of carboxylic acid groups (broad SMARTS) is 3. The van der Waals surface area contributed by atoms with E-state index in [1.165, 1.54) is 0 Å². The quantitative estimate of drug-likeness (QED) is 0.445. The minimum Gasteiger partial charge on any atom is -0.478 e. The number of carbonyl (C=O) groups is 3. The molecule has 0 saturated carbocycles. The van der Waals surface area contributed by atoms with Crippen LogP contribution in [0.25, 0.3) is 0 Å². The van der Waals surface area contributed by atoms with Crippen LogP contribution in [0.5, 0.6) is 0 Å². The first-order chi connectivity index (χ1) is 15.4. The zero-order valence-electron chi connectivity index (χ0n) is 16.4. The Hall–Kier alpha value is -4.03. The van der Waals surface area contributed by atoms with E-state index in [-0.39, 0.29) is 20.2 Å². The van der Waals surface area contributed by atoms with Crippen molar-refractivity contribution in [1.82, 2.24) is 0 Å². The molecular formula is C21H14O10S2. The molecule has 0 spiro atoms. The van der Waals surface area contributed by atoms with Gasteiger partial charge in [0.15, 0.2) is 0 Å². The van der Waals surface area contributed by atoms with Gasteiger partial charge in [0.1, 0.15) is 0 Å². The number of benzene rings is 3. The maximum absolute atomic E-state index is 12.9. The van der Waals surface area contributed by atoms with Crippen molar-refractivity contribution in [3.05, 3.63) is 83.4 Å². The predicted molar refractivity (Wildman–Crippen MR) is 111 cm³/mol. The molecule has 3 aromatic carbocycles. The van der Waals surface area contributed by atoms with Gasteiger partial charge in [0.05, 0.1) is 36.3 Å². The van der Waals surface area contributed by atoms with E-state index in [1.807, 2.05) is 0 Å². The smallest absolute Gasteiger partial charge is 0.336 e. The van der Waals surface area contributed by atoms with E-state index in [0.29, 0.717) is 0 Å². The second-order valence-electron chi connectivity index (χ2n) is 6.63. The van der Waals surface area contributed by atoms with Gasteiger partial charge in [-0.15, -0.1) is 0 Å². The van der Waals surface area contributed by atoms with Crippen LogP contribution >= 0.6 is 0 Å². The second kappa shape index (κ2) is 8.48. The molecule has 0 aliphatic rings. The van der Waals surface area contributed by atoms with Gasteiger partial charge in [-0.1, -0.05) is 0 Å². The highest BCUT2D eigenvalue weighted by Gasteiger charge is 2.25. The lowest BCUT2D eigenvalue weighted by atomic mass is 10.1. The molecule has 0 radical (unpaired) electrons. The lowest BCUT2D eigenvalue weighted by Crippen LogP contribution is -2.11. The Bertz CT molecular complexity index is 1490. The molecule has 0 aliphatic heterocycles. The number of rotatable bonds is 7. The first-order valence-electron chi connectivity index (χ1n) is 8.90. The lowest BCUT2D eigenvalue weighted by molar-refractivity contribution is 0.0651. The van der Waals surface area contributed by atoms with Crippen molar-refractivity contribution in [2.24, 2.45) is 0 Å². The maximum atomic E-state index is 12.9. The Morgan fingerprint density at radius 3 is 1.24 bits per heavy atom. The summed E-state index contributed by atoms with van der Waals surface area (Å²) in [5.74, 6) is -4.39. The predicted octanol–water partition coefficient (Wildman–Crippen LogP) is 2.45. The fourth-order valence-corrected chi connectivity index (χ4v) is 5.45. The molecule has 0 aliphatic carbocycles. The fourth-order valence-electron chi connectivity index (χ4n) is 2.90. The van der Waals surface area contributed by atoms with Crippen LogP contribution in [0.4, 0.5) is 0 Å². The molecule has 3 N–H and O–H groups in total. The molecule has 3 aromatic rings. The van der Waals surface area contributed by atoms with E-state index in [4.69, 9.17) is 10.2 Å². The minimum atomic E-state index is -4.30. The van der Waals surface area contributed by atoms with Crippen LogP contribution in [0, 0.1) is 0 Å². The third-order valence-corrected chi connectivity index (χ3v) is 8.17. The van der Waals surface area contributed by atoms with Gasteiger partial charge in [0.2, 0.25) is 19.7 Å². The minimum absolute atomic E-state index is 0.106. The van der Waals surface area contributed by atoms with Crippen molar-refractivity contribution in [3.63, 3.8) is 0 Å². The molecule has 0 heterocycles. The van der Waals surface area contributed by atoms with Gasteiger partial charge >= 0.3 is 17.9 Å². The third kappa shape index (κ3) is 4.47. The normalized spacial score (nSPS) is 11.6. The van der Waals surface area contributed by atoms with Crippen LogP contribution in [0.15, 0.2) is 86.3 Å². The summed E-state index contributed by atoms with van der Waals surface area (Å²) < 4.78 is 51.3. The van der Waals surface area contributed by atoms with Gasteiger partial charge in [-0.3, -0.25) is 0 Å². The zero-order chi connectivity index (χ0) is 24.6. The van der Waals surface area contributed by atoms with E-state index in [9.17, 15) is 36.3 Å². The van der Waals surface area contributed by atoms with Crippen LogP contribution in [-0.2, 0) is 19.7 Å². The van der Waals surface area contributed by atoms with E-state index in [2.05, 4.69) is 0 Å². The standard InChI is InChI=1S/C21H14O10S2/c22-19(23)12-1-3-13(4-2-12)32(28,29)14-5-7-15(8-6-14)33(30,31)16-9-10-17(20(24)25)18(11-16)21(26)27/h1-11H,(H,22,23)(H,24,25)(H,26,27). The molecule has 33 heavy (non-hydrogen) atoms. The summed E-state index contributed by atoms with van der Waals surface area (Å²) >= 11 is 0. The van der Waals surface area contributed by atoms with Gasteiger partial charge in [0.25, 0.3) is 0 Å². The molecule has 0 fully saturated rings. The maximum Gasteiger partial charge on any atom is 0.336 e. The lowest BCUT2D eigenvalue weighted by Gasteiger charge is -2.09. The summed E-state index contributed by atoms with van der Waals surface area (Å²) in [6.07, 6.45) is 0.